The molecule has 0 aliphatic rings. The molecule has 0 N–H and O–H groups in total. The molecular weight excluding hydrogens is 140 g/mol. The third kappa shape index (κ3) is 5.40. The van der Waals surface area contributed by atoms with E-state index in [0.717, 1.165) is 12.0 Å². The fourth-order valence-corrected chi connectivity index (χ4v) is 0.494. The van der Waals surface area contributed by atoms with Gasteiger partial charge in [-0.1, -0.05) is 25.2 Å². The minimum atomic E-state index is -0.304. The molecule has 0 radical (unpaired) electrons. The van der Waals surface area contributed by atoms with E-state index in [1.165, 1.54) is 6.08 Å². The summed E-state index contributed by atoms with van der Waals surface area (Å²) >= 11 is 0. The summed E-state index contributed by atoms with van der Waals surface area (Å²) in [5.74, 6) is -0.304. The second-order valence-corrected chi connectivity index (χ2v) is 2.10. The van der Waals surface area contributed by atoms with Crippen molar-refractivity contribution in [1.82, 2.24) is 0 Å². The van der Waals surface area contributed by atoms with E-state index in [4.69, 9.17) is 0 Å². The van der Waals surface area contributed by atoms with Crippen LogP contribution in [0.3, 0.4) is 0 Å². The van der Waals surface area contributed by atoms with Gasteiger partial charge in [0.25, 0.3) is 0 Å². The van der Waals surface area contributed by atoms with Gasteiger partial charge in [0, 0.05) is 6.08 Å². The Bertz CT molecular complexity index is 168. The van der Waals surface area contributed by atoms with Crippen molar-refractivity contribution in [1.29, 1.82) is 0 Å². The first-order valence-electron chi connectivity index (χ1n) is 3.73. The molecule has 0 aromatic carbocycles. The molecule has 0 saturated carbocycles. The number of carbonyl (C=O) groups is 1. The van der Waals surface area contributed by atoms with E-state index in [0.29, 0.717) is 6.61 Å². The second kappa shape index (κ2) is 5.71. The molecule has 0 aliphatic heterocycles. The van der Waals surface area contributed by atoms with Crippen LogP contribution in [-0.2, 0) is 9.53 Å². The quantitative estimate of drug-likeness (QED) is 0.352. The average molecular weight is 154 g/mol. The predicted octanol–water partition coefficient (Wildman–Crippen LogP) is 2.07. The van der Waals surface area contributed by atoms with Crippen LogP contribution in [0.4, 0.5) is 0 Å². The first kappa shape index (κ1) is 9.95. The largest absolute Gasteiger partial charge is 0.463 e. The molecule has 0 aliphatic carbocycles. The average Bonchev–Trinajstić information content (AvgIpc) is 2.01. The molecule has 2 nitrogen and oxygen atoms in total. The highest BCUT2D eigenvalue weighted by Crippen LogP contribution is 1.97. The minimum absolute atomic E-state index is 0.304. The number of ether oxygens (including phenoxy) is 1. The van der Waals surface area contributed by atoms with Gasteiger partial charge in [-0.15, -0.1) is 0 Å². The van der Waals surface area contributed by atoms with Crippen molar-refractivity contribution in [3.8, 4) is 0 Å². The zero-order chi connectivity index (χ0) is 8.69. The smallest absolute Gasteiger partial charge is 0.330 e. The van der Waals surface area contributed by atoms with E-state index in [-0.39, 0.29) is 5.97 Å². The van der Waals surface area contributed by atoms with Gasteiger partial charge in [0.05, 0.1) is 6.61 Å². The van der Waals surface area contributed by atoms with E-state index in [2.05, 4.69) is 11.3 Å². The van der Waals surface area contributed by atoms with Gasteiger partial charge >= 0.3 is 5.97 Å². The summed E-state index contributed by atoms with van der Waals surface area (Å²) in [5.41, 5.74) is 0.929. The number of carbonyl (C=O) groups excluding carboxylic acids is 1. The van der Waals surface area contributed by atoms with Crippen molar-refractivity contribution in [2.24, 2.45) is 0 Å². The molecular formula is C9H14O2. The van der Waals surface area contributed by atoms with Gasteiger partial charge in [-0.3, -0.25) is 0 Å². The number of rotatable bonds is 4. The molecule has 0 heterocycles. The summed E-state index contributed by atoms with van der Waals surface area (Å²) in [5, 5.41) is 0. The summed E-state index contributed by atoms with van der Waals surface area (Å²) < 4.78 is 4.67. The molecule has 2 heteroatoms. The molecule has 0 atom stereocenters. The lowest BCUT2D eigenvalue weighted by Gasteiger charge is -1.94. The Balaban J connectivity index is 3.73. The van der Waals surface area contributed by atoms with Crippen LogP contribution in [0.2, 0.25) is 0 Å². The zero-order valence-electron chi connectivity index (χ0n) is 7.09. The van der Waals surface area contributed by atoms with Crippen molar-refractivity contribution in [3.63, 3.8) is 0 Å². The van der Waals surface area contributed by atoms with Crippen molar-refractivity contribution in [2.45, 2.75) is 20.3 Å². The van der Waals surface area contributed by atoms with E-state index >= 15 is 0 Å². The summed E-state index contributed by atoms with van der Waals surface area (Å²) in [6.45, 7) is 7.89. The maximum absolute atomic E-state index is 10.7. The van der Waals surface area contributed by atoms with Crippen LogP contribution < -0.4 is 0 Å². The standard InChI is InChI=1S/C9H14O2/c1-4-8(3)6-7-9(10)11-5-2/h6-7H,3-5H2,1-2H3/b7-6+. The lowest BCUT2D eigenvalue weighted by atomic mass is 10.2. The Morgan fingerprint density at radius 1 is 1.45 bits per heavy atom. The van der Waals surface area contributed by atoms with Gasteiger partial charge in [-0.25, -0.2) is 4.79 Å². The SMILES string of the molecule is C=C(/C=C/C(=O)OCC)CC. The Morgan fingerprint density at radius 2 is 2.09 bits per heavy atom. The highest BCUT2D eigenvalue weighted by atomic mass is 16.5. The summed E-state index contributed by atoms with van der Waals surface area (Å²) in [4.78, 5) is 10.7. The molecule has 0 aromatic heterocycles. The topological polar surface area (TPSA) is 26.3 Å². The number of esters is 1. The van der Waals surface area contributed by atoms with E-state index in [9.17, 15) is 4.79 Å². The zero-order valence-corrected chi connectivity index (χ0v) is 7.09. The van der Waals surface area contributed by atoms with Crippen LogP contribution >= 0.6 is 0 Å². The third-order valence-corrected chi connectivity index (χ3v) is 1.20. The highest BCUT2D eigenvalue weighted by molar-refractivity contribution is 5.82. The van der Waals surface area contributed by atoms with Crippen molar-refractivity contribution in [3.05, 3.63) is 24.3 Å². The van der Waals surface area contributed by atoms with Gasteiger partial charge in [0.2, 0.25) is 0 Å². The number of hydrogen-bond acceptors (Lipinski definition) is 2. The molecule has 0 rings (SSSR count). The summed E-state index contributed by atoms with van der Waals surface area (Å²) in [6, 6.07) is 0. The fourth-order valence-electron chi connectivity index (χ4n) is 0.494. The van der Waals surface area contributed by atoms with Gasteiger partial charge in [0.1, 0.15) is 0 Å². The maximum Gasteiger partial charge on any atom is 0.330 e. The Hall–Kier alpha value is -1.05. The lowest BCUT2D eigenvalue weighted by Crippen LogP contribution is -1.98. The molecule has 62 valence electrons. The molecule has 0 amide bonds. The van der Waals surface area contributed by atoms with Gasteiger partial charge in [-0.05, 0) is 13.3 Å². The molecule has 0 bridgehead atoms. The number of allylic oxidation sites excluding steroid dienone is 2. The van der Waals surface area contributed by atoms with E-state index < -0.39 is 0 Å². The minimum Gasteiger partial charge on any atom is -0.463 e. The van der Waals surface area contributed by atoms with Gasteiger partial charge in [-0.2, -0.15) is 0 Å². The van der Waals surface area contributed by atoms with Gasteiger partial charge in [0.15, 0.2) is 0 Å². The van der Waals surface area contributed by atoms with Crippen LogP contribution in [0, 0.1) is 0 Å². The van der Waals surface area contributed by atoms with Crippen LogP contribution in [0.25, 0.3) is 0 Å². The number of hydrogen-bond donors (Lipinski definition) is 0. The van der Waals surface area contributed by atoms with Crippen LogP contribution in [0.15, 0.2) is 24.3 Å². The third-order valence-electron chi connectivity index (χ3n) is 1.20. The maximum atomic E-state index is 10.7. The van der Waals surface area contributed by atoms with Crippen molar-refractivity contribution in [2.75, 3.05) is 6.61 Å². The highest BCUT2D eigenvalue weighted by Gasteiger charge is 1.92. The molecule has 0 unspecified atom stereocenters. The predicted molar refractivity (Wildman–Crippen MR) is 45.2 cm³/mol. The van der Waals surface area contributed by atoms with Crippen LogP contribution in [-0.4, -0.2) is 12.6 Å². The van der Waals surface area contributed by atoms with Gasteiger partial charge < -0.3 is 4.74 Å². The van der Waals surface area contributed by atoms with E-state index in [1.807, 2.05) is 6.92 Å². The summed E-state index contributed by atoms with van der Waals surface area (Å²) in [6.07, 6.45) is 3.93. The first-order chi connectivity index (χ1) is 5.20. The fraction of sp³-hybridized carbons (Fsp3) is 0.444. The van der Waals surface area contributed by atoms with E-state index in [1.54, 1.807) is 13.0 Å². The molecule has 0 fully saturated rings. The molecule has 0 aromatic rings. The van der Waals surface area contributed by atoms with Crippen LogP contribution in [0.5, 0.6) is 0 Å². The normalized spacial score (nSPS) is 10.0. The monoisotopic (exact) mass is 154 g/mol. The molecule has 0 spiro atoms. The van der Waals surface area contributed by atoms with Crippen molar-refractivity contribution >= 4 is 5.97 Å². The lowest BCUT2D eigenvalue weighted by molar-refractivity contribution is -0.137. The van der Waals surface area contributed by atoms with Crippen molar-refractivity contribution < 1.29 is 9.53 Å². The first-order valence-corrected chi connectivity index (χ1v) is 3.73. The molecule has 0 saturated heterocycles. The Morgan fingerprint density at radius 3 is 2.55 bits per heavy atom. The summed E-state index contributed by atoms with van der Waals surface area (Å²) in [7, 11) is 0. The van der Waals surface area contributed by atoms with Crippen LogP contribution in [0.1, 0.15) is 20.3 Å². The Kier molecular flexibility index (Phi) is 5.17. The second-order valence-electron chi connectivity index (χ2n) is 2.10. The Labute approximate surface area is 67.6 Å². The molecule has 11 heavy (non-hydrogen) atoms.